The van der Waals surface area contributed by atoms with E-state index in [1.54, 1.807) is 30.3 Å². The first-order valence-corrected chi connectivity index (χ1v) is 9.98. The van der Waals surface area contributed by atoms with Crippen molar-refractivity contribution in [2.24, 2.45) is 0 Å². The summed E-state index contributed by atoms with van der Waals surface area (Å²) in [5.74, 6) is -0.143. The molecule has 0 aliphatic rings. The summed E-state index contributed by atoms with van der Waals surface area (Å²) in [7, 11) is 0. The van der Waals surface area contributed by atoms with E-state index in [1.807, 2.05) is 30.5 Å². The minimum atomic E-state index is -0.311. The lowest BCUT2D eigenvalue weighted by Crippen LogP contribution is -2.28. The van der Waals surface area contributed by atoms with Crippen molar-refractivity contribution in [2.45, 2.75) is 13.3 Å². The van der Waals surface area contributed by atoms with Crippen molar-refractivity contribution < 1.29 is 9.59 Å². The quantitative estimate of drug-likeness (QED) is 0.501. The van der Waals surface area contributed by atoms with E-state index in [-0.39, 0.29) is 18.4 Å². The molecule has 0 spiro atoms. The largest absolute Gasteiger partial charge is 0.334 e. The SMILES string of the molecule is C=CCNC(=O)Nc1ccc(NC(=O)Cc2csc(-c3cccc(C)c3)n2)cc1. The lowest BCUT2D eigenvalue weighted by molar-refractivity contribution is -0.115. The Labute approximate surface area is 173 Å². The van der Waals surface area contributed by atoms with E-state index < -0.39 is 0 Å². The predicted molar refractivity (Wildman–Crippen MR) is 118 cm³/mol. The van der Waals surface area contributed by atoms with Gasteiger partial charge in [0.2, 0.25) is 5.91 Å². The van der Waals surface area contributed by atoms with Crippen LogP contribution in [0.2, 0.25) is 0 Å². The minimum Gasteiger partial charge on any atom is -0.334 e. The van der Waals surface area contributed by atoms with Gasteiger partial charge in [-0.05, 0) is 37.3 Å². The van der Waals surface area contributed by atoms with Crippen LogP contribution in [-0.2, 0) is 11.2 Å². The summed E-state index contributed by atoms with van der Waals surface area (Å²) in [5.41, 5.74) is 4.25. The molecule has 0 unspecified atom stereocenters. The van der Waals surface area contributed by atoms with E-state index in [4.69, 9.17) is 0 Å². The van der Waals surface area contributed by atoms with Gasteiger partial charge in [-0.25, -0.2) is 9.78 Å². The highest BCUT2D eigenvalue weighted by Gasteiger charge is 2.10. The molecule has 148 valence electrons. The second-order valence-electron chi connectivity index (χ2n) is 6.44. The van der Waals surface area contributed by atoms with Crippen LogP contribution in [0.25, 0.3) is 10.6 Å². The molecule has 0 radical (unpaired) electrons. The maximum atomic E-state index is 12.3. The van der Waals surface area contributed by atoms with E-state index in [1.165, 1.54) is 16.9 Å². The molecular weight excluding hydrogens is 384 g/mol. The van der Waals surface area contributed by atoms with Crippen LogP contribution in [0.4, 0.5) is 16.2 Å². The second-order valence-corrected chi connectivity index (χ2v) is 7.30. The van der Waals surface area contributed by atoms with Crippen molar-refractivity contribution in [2.75, 3.05) is 17.2 Å². The molecule has 29 heavy (non-hydrogen) atoms. The molecule has 0 saturated carbocycles. The first kappa shape index (κ1) is 20.3. The average molecular weight is 407 g/mol. The number of aromatic nitrogens is 1. The molecule has 0 saturated heterocycles. The van der Waals surface area contributed by atoms with Crippen LogP contribution in [0.5, 0.6) is 0 Å². The molecule has 3 aromatic rings. The van der Waals surface area contributed by atoms with Gasteiger partial charge in [-0.2, -0.15) is 0 Å². The van der Waals surface area contributed by atoms with Crippen molar-refractivity contribution in [1.29, 1.82) is 0 Å². The van der Waals surface area contributed by atoms with Crippen molar-refractivity contribution >= 4 is 34.6 Å². The molecule has 0 aliphatic carbocycles. The number of rotatable bonds is 7. The van der Waals surface area contributed by atoms with Gasteiger partial charge in [0.25, 0.3) is 0 Å². The molecule has 3 N–H and O–H groups in total. The van der Waals surface area contributed by atoms with Gasteiger partial charge in [-0.15, -0.1) is 17.9 Å². The number of urea groups is 1. The van der Waals surface area contributed by atoms with Crippen molar-refractivity contribution in [3.8, 4) is 10.6 Å². The first-order valence-electron chi connectivity index (χ1n) is 9.10. The Hall–Kier alpha value is -3.45. The molecule has 7 heteroatoms. The topological polar surface area (TPSA) is 83.1 Å². The Morgan fingerprint density at radius 3 is 2.52 bits per heavy atom. The normalized spacial score (nSPS) is 10.2. The number of anilines is 2. The number of aryl methyl sites for hydroxylation is 1. The zero-order valence-corrected chi connectivity index (χ0v) is 16.9. The van der Waals surface area contributed by atoms with E-state index in [9.17, 15) is 9.59 Å². The fourth-order valence-electron chi connectivity index (χ4n) is 2.65. The monoisotopic (exact) mass is 406 g/mol. The number of hydrogen-bond donors (Lipinski definition) is 3. The molecule has 0 aliphatic heterocycles. The van der Waals surface area contributed by atoms with Gasteiger partial charge in [0, 0.05) is 28.9 Å². The van der Waals surface area contributed by atoms with Crippen LogP contribution in [0.1, 0.15) is 11.3 Å². The Bertz CT molecular complexity index is 1010. The van der Waals surface area contributed by atoms with E-state index in [0.717, 1.165) is 16.3 Å². The zero-order valence-electron chi connectivity index (χ0n) is 16.1. The third kappa shape index (κ3) is 6.02. The Morgan fingerprint density at radius 2 is 1.83 bits per heavy atom. The molecule has 3 rings (SSSR count). The highest BCUT2D eigenvalue weighted by atomic mass is 32.1. The molecule has 0 fully saturated rings. The summed E-state index contributed by atoms with van der Waals surface area (Å²) in [5, 5.41) is 11.0. The van der Waals surface area contributed by atoms with Crippen LogP contribution >= 0.6 is 11.3 Å². The lowest BCUT2D eigenvalue weighted by atomic mass is 10.1. The van der Waals surface area contributed by atoms with Crippen LogP contribution in [0, 0.1) is 6.92 Å². The van der Waals surface area contributed by atoms with Gasteiger partial charge >= 0.3 is 6.03 Å². The summed E-state index contributed by atoms with van der Waals surface area (Å²) in [6, 6.07) is 14.7. The fourth-order valence-corrected chi connectivity index (χ4v) is 3.46. The van der Waals surface area contributed by atoms with Gasteiger partial charge in [-0.1, -0.05) is 29.8 Å². The number of nitrogens with one attached hydrogen (secondary N) is 3. The fraction of sp³-hybridized carbons (Fsp3) is 0.136. The van der Waals surface area contributed by atoms with Crippen LogP contribution in [0.15, 0.2) is 66.6 Å². The van der Waals surface area contributed by atoms with Gasteiger partial charge in [0.15, 0.2) is 0 Å². The maximum absolute atomic E-state index is 12.3. The number of amides is 3. The van der Waals surface area contributed by atoms with Crippen LogP contribution in [-0.4, -0.2) is 23.5 Å². The molecule has 2 aromatic carbocycles. The maximum Gasteiger partial charge on any atom is 0.319 e. The molecule has 0 atom stereocenters. The first-order chi connectivity index (χ1) is 14.0. The van der Waals surface area contributed by atoms with E-state index in [2.05, 4.69) is 33.6 Å². The minimum absolute atomic E-state index is 0.143. The van der Waals surface area contributed by atoms with E-state index >= 15 is 0 Å². The summed E-state index contributed by atoms with van der Waals surface area (Å²) in [6.45, 7) is 5.98. The van der Waals surface area contributed by atoms with E-state index in [0.29, 0.717) is 17.9 Å². The van der Waals surface area contributed by atoms with Crippen molar-refractivity contribution in [1.82, 2.24) is 10.3 Å². The third-order valence-corrected chi connectivity index (χ3v) is 4.93. The van der Waals surface area contributed by atoms with Gasteiger partial charge in [-0.3, -0.25) is 4.79 Å². The Balaban J connectivity index is 1.54. The predicted octanol–water partition coefficient (Wildman–Crippen LogP) is 4.61. The molecule has 3 amide bonds. The van der Waals surface area contributed by atoms with Gasteiger partial charge in [0.05, 0.1) is 12.1 Å². The molecule has 1 aromatic heterocycles. The number of carbonyl (C=O) groups is 2. The number of nitrogens with zero attached hydrogens (tertiary/aromatic N) is 1. The molecule has 1 heterocycles. The van der Waals surface area contributed by atoms with Gasteiger partial charge < -0.3 is 16.0 Å². The smallest absolute Gasteiger partial charge is 0.319 e. The summed E-state index contributed by atoms with van der Waals surface area (Å²) >= 11 is 1.53. The van der Waals surface area contributed by atoms with Gasteiger partial charge in [0.1, 0.15) is 5.01 Å². The number of benzene rings is 2. The third-order valence-electron chi connectivity index (χ3n) is 3.99. The van der Waals surface area contributed by atoms with Crippen LogP contribution < -0.4 is 16.0 Å². The Morgan fingerprint density at radius 1 is 1.10 bits per heavy atom. The average Bonchev–Trinajstić information content (AvgIpc) is 3.16. The summed E-state index contributed by atoms with van der Waals surface area (Å²) in [4.78, 5) is 28.5. The van der Waals surface area contributed by atoms with Crippen molar-refractivity contribution in [3.05, 3.63) is 77.8 Å². The standard InChI is InChI=1S/C22H22N4O2S/c1-3-11-23-22(28)26-18-9-7-17(8-10-18)24-20(27)13-19-14-29-21(25-19)16-6-4-5-15(2)12-16/h3-10,12,14H,1,11,13H2,2H3,(H,24,27)(H2,23,26,28). The molecule has 6 nitrogen and oxygen atoms in total. The Kier molecular flexibility index (Phi) is 6.76. The highest BCUT2D eigenvalue weighted by molar-refractivity contribution is 7.13. The zero-order chi connectivity index (χ0) is 20.6. The number of thiazole rings is 1. The van der Waals surface area contributed by atoms with Crippen LogP contribution in [0.3, 0.4) is 0 Å². The molecule has 0 bridgehead atoms. The summed E-state index contributed by atoms with van der Waals surface area (Å²) in [6.07, 6.45) is 1.80. The highest BCUT2D eigenvalue weighted by Crippen LogP contribution is 2.24. The second kappa shape index (κ2) is 9.66. The number of carbonyl (C=O) groups excluding carboxylic acids is 2. The summed E-state index contributed by atoms with van der Waals surface area (Å²) < 4.78 is 0. The lowest BCUT2D eigenvalue weighted by Gasteiger charge is -2.08. The van der Waals surface area contributed by atoms with Crippen molar-refractivity contribution in [3.63, 3.8) is 0 Å². The number of hydrogen-bond acceptors (Lipinski definition) is 4. The molecular formula is C22H22N4O2S.